The summed E-state index contributed by atoms with van der Waals surface area (Å²) in [4.78, 5) is 0. The van der Waals surface area contributed by atoms with E-state index in [9.17, 15) is 0 Å². The minimum absolute atomic E-state index is 0.507. The molecule has 7 heavy (non-hydrogen) atoms. The lowest BCUT2D eigenvalue weighted by molar-refractivity contribution is 0.179. The number of rotatable bonds is 0. The predicted octanol–water partition coefficient (Wildman–Crippen LogP) is -0.980. The molecule has 0 aromatic carbocycles. The Hall–Kier alpha value is -0.120. The molecule has 1 rings (SSSR count). The van der Waals surface area contributed by atoms with Crippen molar-refractivity contribution in [1.82, 2.24) is 0 Å². The van der Waals surface area contributed by atoms with Gasteiger partial charge < -0.3 is 16.2 Å². The molecule has 0 aliphatic carbocycles. The molecule has 0 radical (unpaired) electrons. The molecule has 0 atom stereocenters. The van der Waals surface area contributed by atoms with Crippen molar-refractivity contribution in [3.05, 3.63) is 0 Å². The van der Waals surface area contributed by atoms with Crippen LogP contribution in [-0.4, -0.2) is 18.9 Å². The Morgan fingerprint density at radius 3 is 2.29 bits per heavy atom. The maximum absolute atomic E-state index is 5.43. The zero-order chi connectivity index (χ0) is 5.33. The summed E-state index contributed by atoms with van der Waals surface area (Å²) in [6, 6.07) is 0. The molecule has 1 saturated heterocycles. The molecule has 0 aromatic heterocycles. The summed E-state index contributed by atoms with van der Waals surface area (Å²) >= 11 is 0. The van der Waals surface area contributed by atoms with E-state index in [1.165, 1.54) is 0 Å². The van der Waals surface area contributed by atoms with Gasteiger partial charge in [-0.05, 0) is 0 Å². The third kappa shape index (κ3) is 1.12. The van der Waals surface area contributed by atoms with E-state index in [1.54, 1.807) is 0 Å². The van der Waals surface area contributed by atoms with Crippen LogP contribution in [0.1, 0.15) is 6.42 Å². The SMILES string of the molecule is NC1(N)CCOC1. The highest BCUT2D eigenvalue weighted by Crippen LogP contribution is 2.06. The summed E-state index contributed by atoms with van der Waals surface area (Å²) in [5, 5.41) is 0. The van der Waals surface area contributed by atoms with Gasteiger partial charge in [-0.2, -0.15) is 0 Å². The highest BCUT2D eigenvalue weighted by Gasteiger charge is 2.24. The van der Waals surface area contributed by atoms with Crippen LogP contribution in [0.4, 0.5) is 0 Å². The van der Waals surface area contributed by atoms with Gasteiger partial charge in [0, 0.05) is 13.0 Å². The van der Waals surface area contributed by atoms with Gasteiger partial charge in [0.2, 0.25) is 0 Å². The van der Waals surface area contributed by atoms with Gasteiger partial charge in [-0.15, -0.1) is 0 Å². The van der Waals surface area contributed by atoms with Crippen molar-refractivity contribution in [2.24, 2.45) is 11.5 Å². The number of hydrogen-bond acceptors (Lipinski definition) is 3. The van der Waals surface area contributed by atoms with Gasteiger partial charge in [0.1, 0.15) is 0 Å². The lowest BCUT2D eigenvalue weighted by Gasteiger charge is -2.12. The van der Waals surface area contributed by atoms with Gasteiger partial charge in [-0.1, -0.05) is 0 Å². The molecule has 0 unspecified atom stereocenters. The summed E-state index contributed by atoms with van der Waals surface area (Å²) in [5.74, 6) is 0. The van der Waals surface area contributed by atoms with Crippen LogP contribution in [0.3, 0.4) is 0 Å². The highest BCUT2D eigenvalue weighted by molar-refractivity contribution is 4.80. The monoisotopic (exact) mass is 102 g/mol. The Bertz CT molecular complexity index is 64.1. The first-order valence-corrected chi connectivity index (χ1v) is 2.36. The van der Waals surface area contributed by atoms with Crippen LogP contribution in [0.5, 0.6) is 0 Å². The fourth-order valence-electron chi connectivity index (χ4n) is 0.597. The highest BCUT2D eigenvalue weighted by atomic mass is 16.5. The lowest BCUT2D eigenvalue weighted by atomic mass is 10.2. The maximum atomic E-state index is 5.43. The van der Waals surface area contributed by atoms with Crippen LogP contribution in [0.25, 0.3) is 0 Å². The Morgan fingerprint density at radius 2 is 2.14 bits per heavy atom. The van der Waals surface area contributed by atoms with E-state index in [1.807, 2.05) is 0 Å². The Kier molecular flexibility index (Phi) is 1.03. The number of hydrogen-bond donors (Lipinski definition) is 2. The molecule has 0 bridgehead atoms. The van der Waals surface area contributed by atoms with Gasteiger partial charge >= 0.3 is 0 Å². The Labute approximate surface area is 42.6 Å². The molecule has 4 N–H and O–H groups in total. The van der Waals surface area contributed by atoms with Crippen molar-refractivity contribution in [3.63, 3.8) is 0 Å². The summed E-state index contributed by atoms with van der Waals surface area (Å²) in [6.45, 7) is 1.22. The lowest BCUT2D eigenvalue weighted by Crippen LogP contribution is -2.49. The first-order chi connectivity index (χ1) is 3.21. The number of ether oxygens (including phenoxy) is 1. The smallest absolute Gasteiger partial charge is 0.0899 e. The minimum atomic E-state index is -0.528. The second-order valence-corrected chi connectivity index (χ2v) is 2.04. The largest absolute Gasteiger partial charge is 0.378 e. The summed E-state index contributed by atoms with van der Waals surface area (Å²) in [5.41, 5.74) is 10.3. The van der Waals surface area contributed by atoms with E-state index < -0.39 is 5.66 Å². The van der Waals surface area contributed by atoms with Crippen molar-refractivity contribution in [1.29, 1.82) is 0 Å². The van der Waals surface area contributed by atoms with Crippen LogP contribution in [0.15, 0.2) is 0 Å². The van der Waals surface area contributed by atoms with Crippen LogP contribution in [-0.2, 0) is 4.74 Å². The van der Waals surface area contributed by atoms with E-state index >= 15 is 0 Å². The summed E-state index contributed by atoms with van der Waals surface area (Å²) < 4.78 is 4.91. The molecule has 42 valence electrons. The Balaban J connectivity index is 2.40. The van der Waals surface area contributed by atoms with Gasteiger partial charge in [-0.25, -0.2) is 0 Å². The van der Waals surface area contributed by atoms with Crippen LogP contribution in [0, 0.1) is 0 Å². The zero-order valence-corrected chi connectivity index (χ0v) is 4.18. The fourth-order valence-corrected chi connectivity index (χ4v) is 0.597. The quantitative estimate of drug-likeness (QED) is 0.386. The van der Waals surface area contributed by atoms with Crippen molar-refractivity contribution in [2.75, 3.05) is 13.2 Å². The molecule has 0 saturated carbocycles. The molecule has 1 fully saturated rings. The van der Waals surface area contributed by atoms with Crippen LogP contribution in [0.2, 0.25) is 0 Å². The maximum Gasteiger partial charge on any atom is 0.0899 e. The molecular weight excluding hydrogens is 92.1 g/mol. The van der Waals surface area contributed by atoms with Crippen molar-refractivity contribution < 1.29 is 4.74 Å². The zero-order valence-electron chi connectivity index (χ0n) is 4.18. The summed E-state index contributed by atoms with van der Waals surface area (Å²) in [6.07, 6.45) is 0.785. The fraction of sp³-hybridized carbons (Fsp3) is 1.00. The summed E-state index contributed by atoms with van der Waals surface area (Å²) in [7, 11) is 0. The molecule has 0 spiro atoms. The average Bonchev–Trinajstić information content (AvgIpc) is 1.84. The van der Waals surface area contributed by atoms with Crippen molar-refractivity contribution in [3.8, 4) is 0 Å². The van der Waals surface area contributed by atoms with Gasteiger partial charge in [0.25, 0.3) is 0 Å². The molecule has 0 aromatic rings. The van der Waals surface area contributed by atoms with Gasteiger partial charge in [0.05, 0.1) is 12.3 Å². The second kappa shape index (κ2) is 1.43. The van der Waals surface area contributed by atoms with E-state index in [-0.39, 0.29) is 0 Å². The molecule has 1 aliphatic heterocycles. The topological polar surface area (TPSA) is 61.3 Å². The van der Waals surface area contributed by atoms with E-state index in [0.717, 1.165) is 6.42 Å². The van der Waals surface area contributed by atoms with E-state index in [2.05, 4.69) is 0 Å². The molecule has 3 nitrogen and oxygen atoms in total. The molecule has 1 heterocycles. The van der Waals surface area contributed by atoms with Crippen LogP contribution < -0.4 is 11.5 Å². The first kappa shape index (κ1) is 5.03. The third-order valence-electron chi connectivity index (χ3n) is 1.08. The minimum Gasteiger partial charge on any atom is -0.378 e. The normalized spacial score (nSPS) is 28.3. The number of nitrogens with two attached hydrogens (primary N) is 2. The standard InChI is InChI=1S/C4H10N2O/c5-4(6)1-2-7-3-4/h1-3,5-6H2. The van der Waals surface area contributed by atoms with E-state index in [4.69, 9.17) is 16.2 Å². The second-order valence-electron chi connectivity index (χ2n) is 2.04. The molecular formula is C4H10N2O. The van der Waals surface area contributed by atoms with Crippen molar-refractivity contribution in [2.45, 2.75) is 12.1 Å². The van der Waals surface area contributed by atoms with Gasteiger partial charge in [-0.3, -0.25) is 0 Å². The third-order valence-corrected chi connectivity index (χ3v) is 1.08. The molecule has 1 aliphatic rings. The first-order valence-electron chi connectivity index (χ1n) is 2.36. The Morgan fingerprint density at radius 1 is 1.43 bits per heavy atom. The molecule has 0 amide bonds. The van der Waals surface area contributed by atoms with Crippen molar-refractivity contribution >= 4 is 0 Å². The van der Waals surface area contributed by atoms with E-state index in [0.29, 0.717) is 13.2 Å². The average molecular weight is 102 g/mol. The predicted molar refractivity (Wildman–Crippen MR) is 26.5 cm³/mol. The van der Waals surface area contributed by atoms with Crippen LogP contribution >= 0.6 is 0 Å². The molecule has 3 heteroatoms. The van der Waals surface area contributed by atoms with Gasteiger partial charge in [0.15, 0.2) is 0 Å².